The van der Waals surface area contributed by atoms with Gasteiger partial charge in [-0.3, -0.25) is 4.79 Å². The third-order valence-corrected chi connectivity index (χ3v) is 4.92. The van der Waals surface area contributed by atoms with E-state index in [1.54, 1.807) is 7.11 Å². The van der Waals surface area contributed by atoms with Gasteiger partial charge in [-0.05, 0) is 77.0 Å². The smallest absolute Gasteiger partial charge is 0.225 e. The number of amides is 1. The summed E-state index contributed by atoms with van der Waals surface area (Å²) in [5.41, 5.74) is 0.803. The van der Waals surface area contributed by atoms with Gasteiger partial charge in [0.2, 0.25) is 5.91 Å². The minimum Gasteiger partial charge on any atom is -0.497 e. The third-order valence-electron chi connectivity index (χ3n) is 4.92. The molecule has 1 heterocycles. The summed E-state index contributed by atoms with van der Waals surface area (Å²) in [4.78, 5) is 14.7. The summed E-state index contributed by atoms with van der Waals surface area (Å²) in [6.45, 7) is 7.75. The highest BCUT2D eigenvalue weighted by molar-refractivity contribution is 5.91. The Morgan fingerprint density at radius 1 is 1.32 bits per heavy atom. The average Bonchev–Trinajstić information content (AvgIpc) is 2.60. The second kappa shape index (κ2) is 10.4. The van der Waals surface area contributed by atoms with Crippen LogP contribution < -0.4 is 15.4 Å². The van der Waals surface area contributed by atoms with Gasteiger partial charge in [-0.1, -0.05) is 6.42 Å². The fourth-order valence-electron chi connectivity index (χ4n) is 3.36. The van der Waals surface area contributed by atoms with E-state index in [0.29, 0.717) is 6.42 Å². The van der Waals surface area contributed by atoms with Gasteiger partial charge < -0.3 is 20.3 Å². The second-order valence-corrected chi connectivity index (χ2v) is 7.07. The van der Waals surface area contributed by atoms with Gasteiger partial charge in [-0.25, -0.2) is 0 Å². The standard InChI is InChI=1S/C20H33N3O2/c1-16(21-12-6-14-23-13-5-4-7-17(23)2)15-20(24)22-18-8-10-19(25-3)11-9-18/h8-11,16-17,21H,4-7,12-15H2,1-3H3,(H,22,24). The molecule has 2 atom stereocenters. The molecule has 1 fully saturated rings. The molecular formula is C20H33N3O2. The van der Waals surface area contributed by atoms with Gasteiger partial charge in [0.05, 0.1) is 7.11 Å². The molecule has 0 radical (unpaired) electrons. The Bertz CT molecular complexity index is 518. The monoisotopic (exact) mass is 347 g/mol. The lowest BCUT2D eigenvalue weighted by molar-refractivity contribution is -0.116. The molecule has 1 saturated heterocycles. The number of hydrogen-bond acceptors (Lipinski definition) is 4. The molecule has 2 rings (SSSR count). The summed E-state index contributed by atoms with van der Waals surface area (Å²) in [5, 5.41) is 6.39. The Morgan fingerprint density at radius 2 is 2.08 bits per heavy atom. The van der Waals surface area contributed by atoms with E-state index in [4.69, 9.17) is 4.74 Å². The summed E-state index contributed by atoms with van der Waals surface area (Å²) in [5.74, 6) is 0.825. The minimum atomic E-state index is 0.0369. The Labute approximate surface area is 152 Å². The van der Waals surface area contributed by atoms with Crippen molar-refractivity contribution in [1.82, 2.24) is 10.2 Å². The minimum absolute atomic E-state index is 0.0369. The molecule has 0 aromatic heterocycles. The number of methoxy groups -OCH3 is 1. The Hall–Kier alpha value is -1.59. The van der Waals surface area contributed by atoms with E-state index in [2.05, 4.69) is 29.4 Å². The van der Waals surface area contributed by atoms with Crippen molar-refractivity contribution in [3.63, 3.8) is 0 Å². The molecule has 0 spiro atoms. The Morgan fingerprint density at radius 3 is 2.76 bits per heavy atom. The topological polar surface area (TPSA) is 53.6 Å². The van der Waals surface area contributed by atoms with E-state index < -0.39 is 0 Å². The van der Waals surface area contributed by atoms with Gasteiger partial charge in [0.15, 0.2) is 0 Å². The molecule has 1 aromatic carbocycles. The molecule has 2 unspecified atom stereocenters. The highest BCUT2D eigenvalue weighted by Gasteiger charge is 2.17. The van der Waals surface area contributed by atoms with Gasteiger partial charge in [0.25, 0.3) is 0 Å². The summed E-state index contributed by atoms with van der Waals surface area (Å²) >= 11 is 0. The maximum Gasteiger partial charge on any atom is 0.225 e. The molecule has 5 nitrogen and oxygen atoms in total. The number of carbonyl (C=O) groups excluding carboxylic acids is 1. The largest absolute Gasteiger partial charge is 0.497 e. The van der Waals surface area contributed by atoms with Crippen LogP contribution in [0.4, 0.5) is 5.69 Å². The van der Waals surface area contributed by atoms with Crippen LogP contribution in [0.25, 0.3) is 0 Å². The fraction of sp³-hybridized carbons (Fsp3) is 0.650. The number of piperidine rings is 1. The number of benzene rings is 1. The van der Waals surface area contributed by atoms with Crippen LogP contribution in [-0.2, 0) is 4.79 Å². The highest BCUT2D eigenvalue weighted by atomic mass is 16.5. The molecule has 0 aliphatic carbocycles. The zero-order valence-electron chi connectivity index (χ0n) is 15.9. The molecule has 1 aliphatic heterocycles. The number of anilines is 1. The van der Waals surface area contributed by atoms with Crippen LogP contribution in [0.1, 0.15) is 46.0 Å². The van der Waals surface area contributed by atoms with Crippen LogP contribution >= 0.6 is 0 Å². The summed E-state index contributed by atoms with van der Waals surface area (Å²) in [6, 6.07) is 8.31. The van der Waals surface area contributed by atoms with Crippen molar-refractivity contribution < 1.29 is 9.53 Å². The van der Waals surface area contributed by atoms with Crippen LogP contribution in [0.3, 0.4) is 0 Å². The highest BCUT2D eigenvalue weighted by Crippen LogP contribution is 2.16. The number of hydrogen-bond donors (Lipinski definition) is 2. The van der Waals surface area contributed by atoms with Crippen LogP contribution in [0.2, 0.25) is 0 Å². The first-order valence-corrected chi connectivity index (χ1v) is 9.50. The first-order valence-electron chi connectivity index (χ1n) is 9.50. The van der Waals surface area contributed by atoms with Gasteiger partial charge in [0, 0.05) is 24.2 Å². The number of nitrogens with zero attached hydrogens (tertiary/aromatic N) is 1. The van der Waals surface area contributed by atoms with Crippen LogP contribution in [0.5, 0.6) is 5.75 Å². The Kier molecular flexibility index (Phi) is 8.22. The SMILES string of the molecule is COc1ccc(NC(=O)CC(C)NCCCN2CCCCC2C)cc1. The predicted molar refractivity (Wildman–Crippen MR) is 103 cm³/mol. The van der Waals surface area contributed by atoms with Crippen LogP contribution in [0.15, 0.2) is 24.3 Å². The lowest BCUT2D eigenvalue weighted by atomic mass is 10.0. The molecule has 25 heavy (non-hydrogen) atoms. The molecule has 1 aromatic rings. The lowest BCUT2D eigenvalue weighted by Gasteiger charge is -2.33. The van der Waals surface area contributed by atoms with Crippen molar-refractivity contribution in [1.29, 1.82) is 0 Å². The van der Waals surface area contributed by atoms with Crippen LogP contribution in [0, 0.1) is 0 Å². The zero-order chi connectivity index (χ0) is 18.1. The van der Waals surface area contributed by atoms with Crippen molar-refractivity contribution >= 4 is 11.6 Å². The molecule has 140 valence electrons. The quantitative estimate of drug-likeness (QED) is 0.673. The fourth-order valence-corrected chi connectivity index (χ4v) is 3.36. The van der Waals surface area contributed by atoms with E-state index in [0.717, 1.165) is 37.0 Å². The van der Waals surface area contributed by atoms with E-state index in [1.807, 2.05) is 24.3 Å². The second-order valence-electron chi connectivity index (χ2n) is 7.07. The molecule has 1 aliphatic rings. The first kappa shape index (κ1) is 19.7. The Balaban J connectivity index is 1.60. The number of rotatable bonds is 9. The zero-order valence-corrected chi connectivity index (χ0v) is 15.9. The predicted octanol–water partition coefficient (Wildman–Crippen LogP) is 3.27. The van der Waals surface area contributed by atoms with Crippen molar-refractivity contribution in [2.45, 2.75) is 58.0 Å². The maximum absolute atomic E-state index is 12.1. The van der Waals surface area contributed by atoms with Gasteiger partial charge in [0.1, 0.15) is 5.75 Å². The molecular weight excluding hydrogens is 314 g/mol. The number of likely N-dealkylation sites (tertiary alicyclic amines) is 1. The van der Waals surface area contributed by atoms with E-state index in [9.17, 15) is 4.79 Å². The van der Waals surface area contributed by atoms with Gasteiger partial charge in [-0.15, -0.1) is 0 Å². The number of ether oxygens (including phenoxy) is 1. The number of nitrogens with one attached hydrogen (secondary N) is 2. The summed E-state index contributed by atoms with van der Waals surface area (Å²) in [6.07, 6.45) is 5.65. The normalized spacial score (nSPS) is 19.4. The summed E-state index contributed by atoms with van der Waals surface area (Å²) < 4.78 is 5.12. The molecule has 5 heteroatoms. The maximum atomic E-state index is 12.1. The van der Waals surface area contributed by atoms with Gasteiger partial charge in [-0.2, -0.15) is 0 Å². The van der Waals surface area contributed by atoms with Crippen molar-refractivity contribution in [3.8, 4) is 5.75 Å². The number of carbonyl (C=O) groups is 1. The third kappa shape index (κ3) is 7.04. The van der Waals surface area contributed by atoms with Crippen molar-refractivity contribution in [2.75, 3.05) is 32.1 Å². The molecule has 2 N–H and O–H groups in total. The molecule has 1 amide bonds. The van der Waals surface area contributed by atoms with Crippen molar-refractivity contribution in [2.24, 2.45) is 0 Å². The molecule has 0 bridgehead atoms. The lowest BCUT2D eigenvalue weighted by Crippen LogP contribution is -2.39. The van der Waals surface area contributed by atoms with Gasteiger partial charge >= 0.3 is 0 Å². The van der Waals surface area contributed by atoms with Crippen molar-refractivity contribution in [3.05, 3.63) is 24.3 Å². The van der Waals surface area contributed by atoms with E-state index in [1.165, 1.54) is 25.8 Å². The van der Waals surface area contributed by atoms with Crippen LogP contribution in [-0.4, -0.2) is 49.6 Å². The van der Waals surface area contributed by atoms with E-state index >= 15 is 0 Å². The molecule has 0 saturated carbocycles. The average molecular weight is 348 g/mol. The summed E-state index contributed by atoms with van der Waals surface area (Å²) in [7, 11) is 1.63. The first-order chi connectivity index (χ1) is 12.1. The van der Waals surface area contributed by atoms with E-state index in [-0.39, 0.29) is 11.9 Å².